The first-order valence-corrected chi connectivity index (χ1v) is 11.7. The predicted molar refractivity (Wildman–Crippen MR) is 120 cm³/mol. The van der Waals surface area contributed by atoms with Crippen LogP contribution >= 0.6 is 0 Å². The van der Waals surface area contributed by atoms with Crippen molar-refractivity contribution < 1.29 is 29.3 Å². The number of rotatable bonds is 11. The third kappa shape index (κ3) is 4.06. The SMILES string of the molecule is C=CCN(Cc1ccccc1)C(=O)C1N(CCCCCO)C(=O)[C@@H]2[C@@H](C(=O)O)[C@H]3CCC12O3. The summed E-state index contributed by atoms with van der Waals surface area (Å²) < 4.78 is 6.24. The number of carbonyl (C=O) groups is 3. The quantitative estimate of drug-likeness (QED) is 0.389. The first kappa shape index (κ1) is 23.4. The highest BCUT2D eigenvalue weighted by molar-refractivity contribution is 5.98. The van der Waals surface area contributed by atoms with Crippen LogP contribution in [0.25, 0.3) is 0 Å². The number of unbranched alkanes of at least 4 members (excludes halogenated alkanes) is 2. The molecule has 2 N–H and O–H groups in total. The van der Waals surface area contributed by atoms with Gasteiger partial charge in [0, 0.05) is 26.2 Å². The van der Waals surface area contributed by atoms with Gasteiger partial charge in [-0.25, -0.2) is 0 Å². The number of aliphatic hydroxyl groups is 1. The Morgan fingerprint density at radius 1 is 1.24 bits per heavy atom. The Balaban J connectivity index is 1.66. The number of amides is 2. The Morgan fingerprint density at radius 3 is 2.67 bits per heavy atom. The van der Waals surface area contributed by atoms with E-state index >= 15 is 0 Å². The zero-order chi connectivity index (χ0) is 23.6. The molecule has 2 amide bonds. The Labute approximate surface area is 193 Å². The summed E-state index contributed by atoms with van der Waals surface area (Å²) in [5.74, 6) is -3.34. The number of likely N-dealkylation sites (tertiary alicyclic amines) is 1. The van der Waals surface area contributed by atoms with Gasteiger partial charge >= 0.3 is 5.97 Å². The van der Waals surface area contributed by atoms with Crippen LogP contribution in [0, 0.1) is 11.8 Å². The molecular weight excluding hydrogens is 424 g/mol. The Kier molecular flexibility index (Phi) is 6.86. The first-order chi connectivity index (χ1) is 15.9. The van der Waals surface area contributed by atoms with Crippen LogP contribution in [0.3, 0.4) is 0 Å². The number of aliphatic carboxylic acids is 1. The molecule has 3 aliphatic heterocycles. The van der Waals surface area contributed by atoms with Crippen molar-refractivity contribution in [2.75, 3.05) is 19.7 Å². The molecule has 33 heavy (non-hydrogen) atoms. The second-order valence-electron chi connectivity index (χ2n) is 9.20. The number of nitrogens with zero attached hydrogens (tertiary/aromatic N) is 2. The summed E-state index contributed by atoms with van der Waals surface area (Å²) >= 11 is 0. The number of fused-ring (bicyclic) bond motifs is 1. The van der Waals surface area contributed by atoms with E-state index in [-0.39, 0.29) is 18.4 Å². The number of aliphatic hydroxyl groups excluding tert-OH is 1. The highest BCUT2D eigenvalue weighted by atomic mass is 16.5. The highest BCUT2D eigenvalue weighted by Gasteiger charge is 2.74. The smallest absolute Gasteiger partial charge is 0.310 e. The Bertz CT molecular complexity index is 905. The van der Waals surface area contributed by atoms with E-state index < -0.39 is 35.6 Å². The lowest BCUT2D eigenvalue weighted by molar-refractivity contribution is -0.151. The summed E-state index contributed by atoms with van der Waals surface area (Å²) in [6.45, 7) is 4.87. The van der Waals surface area contributed by atoms with Crippen LogP contribution in [0.1, 0.15) is 37.7 Å². The molecule has 1 spiro atoms. The van der Waals surface area contributed by atoms with Gasteiger partial charge in [-0.15, -0.1) is 6.58 Å². The zero-order valence-corrected chi connectivity index (χ0v) is 18.8. The summed E-state index contributed by atoms with van der Waals surface area (Å²) in [5.41, 5.74) is -0.143. The fourth-order valence-electron chi connectivity index (χ4n) is 5.89. The van der Waals surface area contributed by atoms with Gasteiger partial charge in [-0.05, 0) is 37.7 Å². The normalized spacial score (nSPS) is 29.8. The van der Waals surface area contributed by atoms with Crippen LogP contribution in [0.2, 0.25) is 0 Å². The molecule has 8 nitrogen and oxygen atoms in total. The molecule has 4 rings (SSSR count). The molecule has 3 fully saturated rings. The van der Waals surface area contributed by atoms with E-state index in [0.29, 0.717) is 51.7 Å². The van der Waals surface area contributed by atoms with Gasteiger partial charge in [-0.2, -0.15) is 0 Å². The number of carboxylic acids is 1. The predicted octanol–water partition coefficient (Wildman–Crippen LogP) is 1.82. The summed E-state index contributed by atoms with van der Waals surface area (Å²) in [7, 11) is 0. The van der Waals surface area contributed by atoms with E-state index in [0.717, 1.165) is 5.56 Å². The van der Waals surface area contributed by atoms with Gasteiger partial charge in [0.2, 0.25) is 11.8 Å². The van der Waals surface area contributed by atoms with E-state index in [1.807, 2.05) is 30.3 Å². The second-order valence-corrected chi connectivity index (χ2v) is 9.20. The van der Waals surface area contributed by atoms with Crippen molar-refractivity contribution in [3.63, 3.8) is 0 Å². The monoisotopic (exact) mass is 456 g/mol. The van der Waals surface area contributed by atoms with Crippen LogP contribution in [-0.2, 0) is 25.7 Å². The van der Waals surface area contributed by atoms with Crippen LogP contribution in [0.4, 0.5) is 0 Å². The molecule has 0 aliphatic carbocycles. The molecule has 0 radical (unpaired) electrons. The van der Waals surface area contributed by atoms with Gasteiger partial charge in [-0.1, -0.05) is 36.4 Å². The van der Waals surface area contributed by atoms with Gasteiger partial charge in [0.15, 0.2) is 0 Å². The summed E-state index contributed by atoms with van der Waals surface area (Å²) in [5, 5.41) is 19.0. The Morgan fingerprint density at radius 2 is 2.00 bits per heavy atom. The fourth-order valence-corrected chi connectivity index (χ4v) is 5.89. The molecule has 8 heteroatoms. The third-order valence-corrected chi connectivity index (χ3v) is 7.25. The topological polar surface area (TPSA) is 107 Å². The standard InChI is InChI=1S/C25H32N2O6/c1-2-13-26(16-17-9-5-3-6-10-17)23(30)21-25-12-11-18(33-25)19(24(31)32)20(25)22(29)27(21)14-7-4-8-15-28/h2-3,5-6,9-10,18-21,28H,1,4,7-8,11-16H2,(H,31,32)/t18-,19+,20+,21?,25?/m1/s1. The molecule has 3 heterocycles. The Hall–Kier alpha value is -2.71. The zero-order valence-electron chi connectivity index (χ0n) is 18.8. The van der Waals surface area contributed by atoms with Gasteiger partial charge in [0.05, 0.1) is 17.9 Å². The van der Waals surface area contributed by atoms with Crippen LogP contribution in [0.15, 0.2) is 43.0 Å². The van der Waals surface area contributed by atoms with Crippen molar-refractivity contribution in [3.8, 4) is 0 Å². The average Bonchev–Trinajstić information content (AvgIpc) is 3.44. The fraction of sp³-hybridized carbons (Fsp3) is 0.560. The van der Waals surface area contributed by atoms with Crippen LogP contribution < -0.4 is 0 Å². The maximum atomic E-state index is 14.0. The maximum absolute atomic E-state index is 14.0. The van der Waals surface area contributed by atoms with Crippen molar-refractivity contribution in [1.82, 2.24) is 9.80 Å². The van der Waals surface area contributed by atoms with Crippen molar-refractivity contribution in [3.05, 3.63) is 48.6 Å². The highest BCUT2D eigenvalue weighted by Crippen LogP contribution is 2.58. The molecule has 178 valence electrons. The number of hydrogen-bond acceptors (Lipinski definition) is 5. The number of carboxylic acid groups (broad SMARTS) is 1. The minimum atomic E-state index is -1.10. The summed E-state index contributed by atoms with van der Waals surface area (Å²) in [6, 6.07) is 8.75. The first-order valence-electron chi connectivity index (χ1n) is 11.7. The van der Waals surface area contributed by atoms with Gasteiger partial charge in [0.1, 0.15) is 11.6 Å². The maximum Gasteiger partial charge on any atom is 0.310 e. The lowest BCUT2D eigenvalue weighted by atomic mass is 9.70. The van der Waals surface area contributed by atoms with Crippen molar-refractivity contribution in [1.29, 1.82) is 0 Å². The number of carbonyl (C=O) groups excluding carboxylic acids is 2. The van der Waals surface area contributed by atoms with E-state index in [4.69, 9.17) is 9.84 Å². The van der Waals surface area contributed by atoms with Gasteiger partial charge < -0.3 is 24.7 Å². The molecular formula is C25H32N2O6. The second kappa shape index (κ2) is 9.65. The van der Waals surface area contributed by atoms with Crippen LogP contribution in [0.5, 0.6) is 0 Å². The van der Waals surface area contributed by atoms with Crippen molar-refractivity contribution >= 4 is 17.8 Å². The summed E-state index contributed by atoms with van der Waals surface area (Å²) in [6.07, 6.45) is 4.10. The average molecular weight is 457 g/mol. The molecule has 0 aromatic heterocycles. The lowest BCUT2D eigenvalue weighted by Gasteiger charge is -2.36. The van der Waals surface area contributed by atoms with E-state index in [1.165, 1.54) is 0 Å². The number of benzene rings is 1. The third-order valence-electron chi connectivity index (χ3n) is 7.25. The molecule has 3 saturated heterocycles. The van der Waals surface area contributed by atoms with E-state index in [2.05, 4.69) is 6.58 Å². The molecule has 0 saturated carbocycles. The minimum Gasteiger partial charge on any atom is -0.481 e. The number of hydrogen-bond donors (Lipinski definition) is 2. The number of ether oxygens (including phenoxy) is 1. The molecule has 2 bridgehead atoms. The molecule has 3 aliphatic rings. The molecule has 1 aromatic rings. The van der Waals surface area contributed by atoms with Crippen molar-refractivity contribution in [2.24, 2.45) is 11.8 Å². The van der Waals surface area contributed by atoms with Gasteiger partial charge in [0.25, 0.3) is 0 Å². The largest absolute Gasteiger partial charge is 0.481 e. The molecule has 1 aromatic carbocycles. The van der Waals surface area contributed by atoms with E-state index in [1.54, 1.807) is 15.9 Å². The molecule has 5 atom stereocenters. The van der Waals surface area contributed by atoms with E-state index in [9.17, 15) is 19.5 Å². The van der Waals surface area contributed by atoms with Crippen molar-refractivity contribution in [2.45, 2.75) is 56.4 Å². The lowest BCUT2D eigenvalue weighted by Crippen LogP contribution is -2.56. The summed E-state index contributed by atoms with van der Waals surface area (Å²) in [4.78, 5) is 42.8. The molecule has 2 unspecified atom stereocenters. The van der Waals surface area contributed by atoms with Gasteiger partial charge in [-0.3, -0.25) is 14.4 Å². The van der Waals surface area contributed by atoms with Crippen LogP contribution in [-0.4, -0.2) is 75.2 Å². The minimum absolute atomic E-state index is 0.0684.